The lowest BCUT2D eigenvalue weighted by molar-refractivity contribution is -0.128. The van der Waals surface area contributed by atoms with E-state index in [4.69, 9.17) is 0 Å². The molecule has 0 radical (unpaired) electrons. The van der Waals surface area contributed by atoms with Crippen molar-refractivity contribution in [2.45, 2.75) is 31.3 Å². The van der Waals surface area contributed by atoms with Crippen LogP contribution in [0.15, 0.2) is 24.3 Å². The fraction of sp³-hybridized carbons (Fsp3) is 0.429. The van der Waals surface area contributed by atoms with Crippen molar-refractivity contribution in [3.63, 3.8) is 0 Å². The fourth-order valence-electron chi connectivity index (χ4n) is 2.47. The van der Waals surface area contributed by atoms with Gasteiger partial charge in [-0.3, -0.25) is 9.59 Å². The Balaban J connectivity index is 1.62. The highest BCUT2D eigenvalue weighted by Gasteiger charge is 2.39. The maximum atomic E-state index is 13.0. The van der Waals surface area contributed by atoms with Gasteiger partial charge in [-0.15, -0.1) is 0 Å². The van der Waals surface area contributed by atoms with E-state index in [0.717, 1.165) is 12.8 Å². The summed E-state index contributed by atoms with van der Waals surface area (Å²) in [7, 11) is 0. The molecule has 0 aromatic heterocycles. The van der Waals surface area contributed by atoms with E-state index in [1.54, 1.807) is 6.07 Å². The molecule has 1 saturated heterocycles. The van der Waals surface area contributed by atoms with Crippen LogP contribution in [0.5, 0.6) is 0 Å². The first kappa shape index (κ1) is 12.1. The van der Waals surface area contributed by atoms with Crippen molar-refractivity contribution in [3.8, 4) is 0 Å². The second kappa shape index (κ2) is 4.64. The van der Waals surface area contributed by atoms with Crippen LogP contribution < -0.4 is 5.32 Å². The van der Waals surface area contributed by atoms with Crippen molar-refractivity contribution in [1.82, 2.24) is 10.2 Å². The third-order valence-electron chi connectivity index (χ3n) is 3.57. The van der Waals surface area contributed by atoms with Crippen molar-refractivity contribution >= 4 is 11.8 Å². The van der Waals surface area contributed by atoms with E-state index in [-0.39, 0.29) is 23.4 Å². The molecule has 1 heterocycles. The molecular formula is C14H15FN2O2. The van der Waals surface area contributed by atoms with Crippen molar-refractivity contribution in [1.29, 1.82) is 0 Å². The highest BCUT2D eigenvalue weighted by molar-refractivity contribution is 5.95. The summed E-state index contributed by atoms with van der Waals surface area (Å²) < 4.78 is 13.0. The maximum absolute atomic E-state index is 13.0. The number of amides is 2. The summed E-state index contributed by atoms with van der Waals surface area (Å²) in [5.41, 5.74) is 0.289. The Morgan fingerprint density at radius 1 is 1.37 bits per heavy atom. The maximum Gasteiger partial charge on any atom is 0.251 e. The van der Waals surface area contributed by atoms with Gasteiger partial charge in [0.15, 0.2) is 0 Å². The monoisotopic (exact) mass is 262 g/mol. The second-order valence-electron chi connectivity index (χ2n) is 5.16. The molecule has 2 aliphatic rings. The summed E-state index contributed by atoms with van der Waals surface area (Å²) in [6, 6.07) is 5.77. The molecule has 2 fully saturated rings. The average Bonchev–Trinajstić information content (AvgIpc) is 3.14. The Bertz CT molecular complexity index is 528. The van der Waals surface area contributed by atoms with E-state index >= 15 is 0 Å². The van der Waals surface area contributed by atoms with Crippen molar-refractivity contribution in [2.24, 2.45) is 0 Å². The molecule has 1 aromatic carbocycles. The minimum absolute atomic E-state index is 0.104. The van der Waals surface area contributed by atoms with Gasteiger partial charge in [-0.25, -0.2) is 4.39 Å². The molecule has 100 valence electrons. The minimum atomic E-state index is -0.435. The summed E-state index contributed by atoms with van der Waals surface area (Å²) in [5.74, 6) is -0.656. The predicted molar refractivity (Wildman–Crippen MR) is 67.0 cm³/mol. The van der Waals surface area contributed by atoms with Gasteiger partial charge in [0.1, 0.15) is 5.82 Å². The third kappa shape index (κ3) is 2.59. The van der Waals surface area contributed by atoms with Crippen LogP contribution in [0.25, 0.3) is 0 Å². The third-order valence-corrected chi connectivity index (χ3v) is 3.57. The number of rotatable bonds is 3. The molecule has 3 rings (SSSR count). The molecular weight excluding hydrogens is 247 g/mol. The number of carbonyl (C=O) groups is 2. The SMILES string of the molecule is O=C(N[C@@H]1CC(=O)N(C2CC2)C1)c1cccc(F)c1. The summed E-state index contributed by atoms with van der Waals surface area (Å²) in [4.78, 5) is 25.5. The number of hydrogen-bond acceptors (Lipinski definition) is 2. The van der Waals surface area contributed by atoms with Crippen LogP contribution >= 0.6 is 0 Å². The molecule has 0 bridgehead atoms. The zero-order valence-corrected chi connectivity index (χ0v) is 10.4. The number of nitrogens with zero attached hydrogens (tertiary/aromatic N) is 1. The summed E-state index contributed by atoms with van der Waals surface area (Å²) >= 11 is 0. The molecule has 1 aromatic rings. The van der Waals surface area contributed by atoms with Gasteiger partial charge in [0.25, 0.3) is 5.91 Å². The molecule has 19 heavy (non-hydrogen) atoms. The molecule has 1 atom stereocenters. The molecule has 4 nitrogen and oxygen atoms in total. The zero-order valence-electron chi connectivity index (χ0n) is 10.4. The van der Waals surface area contributed by atoms with Crippen LogP contribution in [-0.2, 0) is 4.79 Å². The number of nitrogens with one attached hydrogen (secondary N) is 1. The topological polar surface area (TPSA) is 49.4 Å². The van der Waals surface area contributed by atoms with Crippen LogP contribution in [-0.4, -0.2) is 35.3 Å². The lowest BCUT2D eigenvalue weighted by Crippen LogP contribution is -2.37. The molecule has 1 aliphatic heterocycles. The highest BCUT2D eigenvalue weighted by Crippen LogP contribution is 2.30. The fourth-order valence-corrected chi connectivity index (χ4v) is 2.47. The van der Waals surface area contributed by atoms with Gasteiger partial charge in [-0.2, -0.15) is 0 Å². The molecule has 2 amide bonds. The van der Waals surface area contributed by atoms with Gasteiger partial charge in [-0.1, -0.05) is 6.07 Å². The van der Waals surface area contributed by atoms with Gasteiger partial charge in [0.2, 0.25) is 5.91 Å². The normalized spacial score (nSPS) is 22.7. The van der Waals surface area contributed by atoms with Gasteiger partial charge in [-0.05, 0) is 31.0 Å². The molecule has 1 saturated carbocycles. The van der Waals surface area contributed by atoms with E-state index in [1.807, 2.05) is 4.90 Å². The van der Waals surface area contributed by atoms with E-state index in [9.17, 15) is 14.0 Å². The first-order valence-corrected chi connectivity index (χ1v) is 6.49. The number of hydrogen-bond donors (Lipinski definition) is 1. The molecule has 0 spiro atoms. The number of carbonyl (C=O) groups excluding carboxylic acids is 2. The highest BCUT2D eigenvalue weighted by atomic mass is 19.1. The van der Waals surface area contributed by atoms with E-state index < -0.39 is 5.82 Å². The van der Waals surface area contributed by atoms with Crippen LogP contribution in [0.1, 0.15) is 29.6 Å². The Kier molecular flexibility index (Phi) is 2.97. The lowest BCUT2D eigenvalue weighted by atomic mass is 10.2. The van der Waals surface area contributed by atoms with Gasteiger partial charge in [0.05, 0.1) is 6.04 Å². The molecule has 1 aliphatic carbocycles. The van der Waals surface area contributed by atoms with E-state index in [1.165, 1.54) is 18.2 Å². The minimum Gasteiger partial charge on any atom is -0.347 e. The van der Waals surface area contributed by atoms with E-state index in [2.05, 4.69) is 5.32 Å². The Morgan fingerprint density at radius 2 is 2.16 bits per heavy atom. The number of halogens is 1. The summed E-state index contributed by atoms with van der Waals surface area (Å²) in [6.45, 7) is 0.574. The average molecular weight is 262 g/mol. The number of likely N-dealkylation sites (tertiary alicyclic amines) is 1. The summed E-state index contributed by atoms with van der Waals surface area (Å²) in [6.07, 6.45) is 2.48. The molecule has 5 heteroatoms. The first-order chi connectivity index (χ1) is 9.13. The number of benzene rings is 1. The first-order valence-electron chi connectivity index (χ1n) is 6.49. The van der Waals surface area contributed by atoms with Crippen molar-refractivity contribution in [3.05, 3.63) is 35.6 Å². The van der Waals surface area contributed by atoms with Crippen LogP contribution in [0.4, 0.5) is 4.39 Å². The van der Waals surface area contributed by atoms with Crippen molar-refractivity contribution < 1.29 is 14.0 Å². The Morgan fingerprint density at radius 3 is 2.84 bits per heavy atom. The van der Waals surface area contributed by atoms with Gasteiger partial charge < -0.3 is 10.2 Å². The van der Waals surface area contributed by atoms with Crippen molar-refractivity contribution in [2.75, 3.05) is 6.54 Å². The quantitative estimate of drug-likeness (QED) is 0.893. The molecule has 1 N–H and O–H groups in total. The second-order valence-corrected chi connectivity index (χ2v) is 5.16. The predicted octanol–water partition coefficient (Wildman–Crippen LogP) is 1.32. The standard InChI is InChI=1S/C14H15FN2O2/c15-10-3-1-2-9(6-10)14(19)16-11-7-13(18)17(8-11)12-4-5-12/h1-3,6,11-12H,4-5,7-8H2,(H,16,19)/t11-/m1/s1. The van der Waals surface area contributed by atoms with Crippen LogP contribution in [0, 0.1) is 5.82 Å². The largest absolute Gasteiger partial charge is 0.347 e. The lowest BCUT2D eigenvalue weighted by Gasteiger charge is -2.16. The van der Waals surface area contributed by atoms with Gasteiger partial charge >= 0.3 is 0 Å². The summed E-state index contributed by atoms with van der Waals surface area (Å²) in [5, 5.41) is 2.80. The van der Waals surface area contributed by atoms with Crippen LogP contribution in [0.2, 0.25) is 0 Å². The Hall–Kier alpha value is -1.91. The zero-order chi connectivity index (χ0) is 13.4. The molecule has 0 unspecified atom stereocenters. The van der Waals surface area contributed by atoms with Gasteiger partial charge in [0, 0.05) is 24.6 Å². The van der Waals surface area contributed by atoms with Crippen LogP contribution in [0.3, 0.4) is 0 Å². The smallest absolute Gasteiger partial charge is 0.251 e. The Labute approximate surface area is 110 Å². The van der Waals surface area contributed by atoms with E-state index in [0.29, 0.717) is 19.0 Å².